The fourth-order valence-corrected chi connectivity index (χ4v) is 1.86. The number of rotatable bonds is 5. The molecule has 0 saturated carbocycles. The summed E-state index contributed by atoms with van der Waals surface area (Å²) in [5.74, 6) is 0. The lowest BCUT2D eigenvalue weighted by Gasteiger charge is -2.33. The van der Waals surface area contributed by atoms with E-state index in [9.17, 15) is 4.79 Å². The first kappa shape index (κ1) is 12.4. The van der Waals surface area contributed by atoms with Crippen LogP contribution in [0.25, 0.3) is 0 Å². The first-order chi connectivity index (χ1) is 7.19. The lowest BCUT2D eigenvalue weighted by molar-refractivity contribution is -0.178. The lowest BCUT2D eigenvalue weighted by Crippen LogP contribution is -2.45. The summed E-state index contributed by atoms with van der Waals surface area (Å²) in [6.45, 7) is 5.51. The number of likely N-dealkylation sites (N-methyl/N-ethyl adjacent to an activating group) is 1. The summed E-state index contributed by atoms with van der Waals surface area (Å²) in [6.07, 6.45) is 4.34. The molecule has 84 valence electrons. The lowest BCUT2D eigenvalue weighted by atomic mass is 10.2. The van der Waals surface area contributed by atoms with Crippen molar-refractivity contribution in [1.29, 1.82) is 0 Å². The average Bonchev–Trinajstić information content (AvgIpc) is 2.24. The van der Waals surface area contributed by atoms with Gasteiger partial charge in [-0.2, -0.15) is 0 Å². The quantitative estimate of drug-likeness (QED) is 0.429. The van der Waals surface area contributed by atoms with Crippen LogP contribution in [-0.4, -0.2) is 49.2 Å². The van der Waals surface area contributed by atoms with Gasteiger partial charge in [-0.3, -0.25) is 9.63 Å². The Morgan fingerprint density at radius 3 is 3.20 bits per heavy atom. The Hall–Kier alpha value is -0.650. The predicted octanol–water partition coefficient (Wildman–Crippen LogP) is 1.16. The van der Waals surface area contributed by atoms with Gasteiger partial charge in [-0.1, -0.05) is 28.1 Å². The summed E-state index contributed by atoms with van der Waals surface area (Å²) in [5.41, 5.74) is 0. The molecule has 0 N–H and O–H groups in total. The van der Waals surface area contributed by atoms with Gasteiger partial charge < -0.3 is 4.90 Å². The number of amides is 1. The molecule has 1 amide bonds. The third-order valence-electron chi connectivity index (χ3n) is 2.15. The van der Waals surface area contributed by atoms with Crippen LogP contribution in [0.2, 0.25) is 0 Å². The van der Waals surface area contributed by atoms with Crippen molar-refractivity contribution in [3.05, 3.63) is 23.2 Å². The molecule has 1 rings (SSSR count). The van der Waals surface area contributed by atoms with Crippen LogP contribution >= 0.6 is 15.9 Å². The molecular weight excluding hydrogens is 260 g/mol. The maximum absolute atomic E-state index is 10.9. The molecule has 0 aromatic heterocycles. The van der Waals surface area contributed by atoms with Crippen molar-refractivity contribution in [3.8, 4) is 0 Å². The van der Waals surface area contributed by atoms with E-state index in [0.29, 0.717) is 13.0 Å². The summed E-state index contributed by atoms with van der Waals surface area (Å²) in [6, 6.07) is -0.0683. The Bertz CT molecular complexity index is 268. The molecule has 0 aliphatic carbocycles. The van der Waals surface area contributed by atoms with Crippen LogP contribution in [-0.2, 0) is 9.63 Å². The molecule has 1 aliphatic heterocycles. The third-order valence-corrected chi connectivity index (χ3v) is 3.01. The molecule has 1 atom stereocenters. The van der Waals surface area contributed by atoms with Crippen molar-refractivity contribution >= 4 is 22.3 Å². The van der Waals surface area contributed by atoms with E-state index in [1.54, 1.807) is 6.08 Å². The molecule has 0 aromatic carbocycles. The Morgan fingerprint density at radius 2 is 2.60 bits per heavy atom. The maximum Gasteiger partial charge on any atom is 0.234 e. The molecule has 4 nitrogen and oxygen atoms in total. The second kappa shape index (κ2) is 6.05. The van der Waals surface area contributed by atoms with Crippen molar-refractivity contribution in [3.63, 3.8) is 0 Å². The number of nitrogens with zero attached hydrogens (tertiary/aromatic N) is 2. The highest BCUT2D eigenvalue weighted by molar-refractivity contribution is 9.11. The summed E-state index contributed by atoms with van der Waals surface area (Å²) in [4.78, 5) is 18.2. The molecular formula is C10H15BrN2O2. The van der Waals surface area contributed by atoms with E-state index in [-0.39, 0.29) is 6.04 Å². The highest BCUT2D eigenvalue weighted by Crippen LogP contribution is 2.21. The third kappa shape index (κ3) is 3.44. The normalized spacial score (nSPS) is 22.0. The zero-order chi connectivity index (χ0) is 11.3. The van der Waals surface area contributed by atoms with Crippen LogP contribution in [0, 0.1) is 0 Å². The summed E-state index contributed by atoms with van der Waals surface area (Å²) in [7, 11) is 2.00. The Morgan fingerprint density at radius 1 is 1.87 bits per heavy atom. The minimum atomic E-state index is -0.0683. The number of carbonyl (C=O) groups is 1. The van der Waals surface area contributed by atoms with Crippen LogP contribution < -0.4 is 0 Å². The SMILES string of the molecule is C=CCON(C=O)C1CN(C)CC=C1Br. The van der Waals surface area contributed by atoms with Gasteiger partial charge in [-0.15, -0.1) is 6.58 Å². The monoisotopic (exact) mass is 274 g/mol. The molecule has 0 saturated heterocycles. The fourth-order valence-electron chi connectivity index (χ4n) is 1.37. The van der Waals surface area contributed by atoms with E-state index < -0.39 is 0 Å². The molecule has 0 fully saturated rings. The van der Waals surface area contributed by atoms with Gasteiger partial charge in [0.2, 0.25) is 6.41 Å². The van der Waals surface area contributed by atoms with E-state index >= 15 is 0 Å². The highest BCUT2D eigenvalue weighted by atomic mass is 79.9. The largest absolute Gasteiger partial charge is 0.300 e. The Kier molecular flexibility index (Phi) is 5.01. The number of hydroxylamine groups is 2. The standard InChI is InChI=1S/C10H15BrN2O2/c1-3-6-15-13(8-14)10-7-12(2)5-4-9(10)11/h3-4,8,10H,1,5-7H2,2H3. The van der Waals surface area contributed by atoms with E-state index in [1.807, 2.05) is 13.1 Å². The topological polar surface area (TPSA) is 32.8 Å². The highest BCUT2D eigenvalue weighted by Gasteiger charge is 2.25. The van der Waals surface area contributed by atoms with Crippen molar-refractivity contribution < 1.29 is 9.63 Å². The second-order valence-corrected chi connectivity index (χ2v) is 4.29. The van der Waals surface area contributed by atoms with E-state index in [2.05, 4.69) is 27.4 Å². The fraction of sp³-hybridized carbons (Fsp3) is 0.500. The molecule has 15 heavy (non-hydrogen) atoms. The maximum atomic E-state index is 10.9. The van der Waals surface area contributed by atoms with Crippen LogP contribution in [0.15, 0.2) is 23.2 Å². The van der Waals surface area contributed by atoms with E-state index in [0.717, 1.165) is 17.6 Å². The summed E-state index contributed by atoms with van der Waals surface area (Å²) < 4.78 is 0.983. The zero-order valence-corrected chi connectivity index (χ0v) is 10.3. The smallest absolute Gasteiger partial charge is 0.234 e. The van der Waals surface area contributed by atoms with Gasteiger partial charge in [0.25, 0.3) is 0 Å². The Balaban J connectivity index is 2.65. The van der Waals surface area contributed by atoms with Gasteiger partial charge in [0.1, 0.15) is 6.04 Å². The van der Waals surface area contributed by atoms with Crippen LogP contribution in [0.1, 0.15) is 0 Å². The van der Waals surface area contributed by atoms with E-state index in [4.69, 9.17) is 4.84 Å². The van der Waals surface area contributed by atoms with Crippen LogP contribution in [0.5, 0.6) is 0 Å². The molecule has 1 aliphatic rings. The van der Waals surface area contributed by atoms with Gasteiger partial charge in [0, 0.05) is 17.6 Å². The minimum absolute atomic E-state index is 0.0683. The van der Waals surface area contributed by atoms with Crippen molar-refractivity contribution in [1.82, 2.24) is 9.96 Å². The number of hydrogen-bond acceptors (Lipinski definition) is 3. The van der Waals surface area contributed by atoms with Crippen LogP contribution in [0.3, 0.4) is 0 Å². The number of halogens is 1. The minimum Gasteiger partial charge on any atom is -0.300 e. The van der Waals surface area contributed by atoms with Gasteiger partial charge in [-0.25, -0.2) is 5.06 Å². The van der Waals surface area contributed by atoms with E-state index in [1.165, 1.54) is 5.06 Å². The molecule has 0 bridgehead atoms. The first-order valence-electron chi connectivity index (χ1n) is 4.70. The summed E-state index contributed by atoms with van der Waals surface area (Å²) >= 11 is 3.44. The average molecular weight is 275 g/mol. The van der Waals surface area contributed by atoms with Crippen molar-refractivity contribution in [2.24, 2.45) is 0 Å². The van der Waals surface area contributed by atoms with Crippen molar-refractivity contribution in [2.45, 2.75) is 6.04 Å². The Labute approximate surface area is 98.3 Å². The summed E-state index contributed by atoms with van der Waals surface area (Å²) in [5, 5.41) is 1.32. The second-order valence-electron chi connectivity index (χ2n) is 3.38. The first-order valence-corrected chi connectivity index (χ1v) is 5.50. The van der Waals surface area contributed by atoms with Gasteiger partial charge in [0.15, 0.2) is 0 Å². The number of carbonyl (C=O) groups excluding carboxylic acids is 1. The molecule has 0 spiro atoms. The molecule has 0 aromatic rings. The van der Waals surface area contributed by atoms with Gasteiger partial charge in [0.05, 0.1) is 6.61 Å². The molecule has 1 unspecified atom stereocenters. The molecule has 5 heteroatoms. The van der Waals surface area contributed by atoms with Crippen LogP contribution in [0.4, 0.5) is 0 Å². The van der Waals surface area contributed by atoms with Crippen molar-refractivity contribution in [2.75, 3.05) is 26.7 Å². The molecule has 0 radical (unpaired) electrons. The number of hydrogen-bond donors (Lipinski definition) is 0. The molecule has 1 heterocycles. The zero-order valence-electron chi connectivity index (χ0n) is 8.73. The van der Waals surface area contributed by atoms with Gasteiger partial charge >= 0.3 is 0 Å². The predicted molar refractivity (Wildman–Crippen MR) is 62.3 cm³/mol. The van der Waals surface area contributed by atoms with Gasteiger partial charge in [-0.05, 0) is 7.05 Å².